The molecule has 2 N–H and O–H groups in total. The smallest absolute Gasteiger partial charge is 0.264 e. The Kier molecular flexibility index (Phi) is 7.06. The molecule has 2 unspecified atom stereocenters. The molecule has 1 aromatic heterocycles. The highest BCUT2D eigenvalue weighted by Gasteiger charge is 2.31. The van der Waals surface area contributed by atoms with Crippen LogP contribution in [0, 0.1) is 11.8 Å². The van der Waals surface area contributed by atoms with Gasteiger partial charge in [-0.3, -0.25) is 4.79 Å². The number of fused-ring (bicyclic) bond motifs is 1. The number of aromatic nitrogens is 1. The van der Waals surface area contributed by atoms with Crippen LogP contribution in [-0.2, 0) is 10.0 Å². The zero-order valence-corrected chi connectivity index (χ0v) is 19.0. The first-order valence-electron chi connectivity index (χ1n) is 11.4. The summed E-state index contributed by atoms with van der Waals surface area (Å²) in [4.78, 5) is 17.9. The number of nitrogens with two attached hydrogens (primary N) is 1. The van der Waals surface area contributed by atoms with Crippen molar-refractivity contribution in [1.29, 1.82) is 0 Å². The molecule has 1 saturated carbocycles. The number of carbonyl (C=O) groups is 1. The van der Waals surface area contributed by atoms with Crippen LogP contribution in [-0.4, -0.2) is 24.9 Å². The van der Waals surface area contributed by atoms with Crippen LogP contribution in [0.2, 0.25) is 0 Å². The molecule has 0 aliphatic heterocycles. The Labute approximate surface area is 189 Å². The number of hydrogen-bond donors (Lipinski definition) is 1. The highest BCUT2D eigenvalue weighted by Crippen LogP contribution is 2.36. The van der Waals surface area contributed by atoms with E-state index >= 15 is 0 Å². The second kappa shape index (κ2) is 9.96. The summed E-state index contributed by atoms with van der Waals surface area (Å²) in [5, 5.41) is 5.43. The summed E-state index contributed by atoms with van der Waals surface area (Å²) < 4.78 is 29.6. The van der Waals surface area contributed by atoms with E-state index in [1.807, 2.05) is 48.5 Å². The molecule has 170 valence electrons. The monoisotopic (exact) mass is 454 g/mol. The first kappa shape index (κ1) is 22.7. The number of primary sulfonamides is 1. The van der Waals surface area contributed by atoms with E-state index in [4.69, 9.17) is 9.56 Å². The molecule has 0 radical (unpaired) electrons. The van der Waals surface area contributed by atoms with Crippen molar-refractivity contribution in [2.75, 3.05) is 5.75 Å². The van der Waals surface area contributed by atoms with Crippen molar-refractivity contribution in [2.45, 2.75) is 50.9 Å². The maximum Gasteiger partial charge on any atom is 0.264 e. The van der Waals surface area contributed by atoms with Crippen LogP contribution in [0.25, 0.3) is 11.1 Å². The Bertz CT molecular complexity index is 1120. The first-order valence-corrected chi connectivity index (χ1v) is 13.1. The third-order valence-electron chi connectivity index (χ3n) is 6.61. The molecule has 7 heteroatoms. The van der Waals surface area contributed by atoms with Gasteiger partial charge in [-0.2, -0.15) is 0 Å². The molecule has 0 amide bonds. The van der Waals surface area contributed by atoms with Crippen LogP contribution in [0.15, 0.2) is 59.0 Å². The van der Waals surface area contributed by atoms with Crippen molar-refractivity contribution < 1.29 is 17.6 Å². The maximum atomic E-state index is 13.5. The number of sulfonamides is 1. The van der Waals surface area contributed by atoms with Gasteiger partial charge >= 0.3 is 0 Å². The number of oxazole rings is 1. The van der Waals surface area contributed by atoms with Crippen molar-refractivity contribution in [3.8, 4) is 0 Å². The summed E-state index contributed by atoms with van der Waals surface area (Å²) in [5.74, 6) is -0.274. The second-order valence-corrected chi connectivity index (χ2v) is 10.5. The molecule has 2 atom stereocenters. The molecule has 0 spiro atoms. The fourth-order valence-electron chi connectivity index (χ4n) is 5.00. The van der Waals surface area contributed by atoms with Gasteiger partial charge in [0.05, 0.1) is 11.7 Å². The molecule has 1 fully saturated rings. The molecule has 3 aromatic rings. The standard InChI is InChI=1S/C25H30N2O4S/c26-32(29,30)17-20(18-9-3-1-4-10-18)15-16-21(19-11-5-2-6-12-19)24(28)25-27-22-13-7-8-14-23(22)31-25/h2,5-8,11-14,18,20-21H,1,3-4,9-10,15-17H2,(H2,26,29,30). The number of benzene rings is 2. The van der Waals surface area contributed by atoms with Crippen LogP contribution in [0.5, 0.6) is 0 Å². The number of para-hydroxylation sites is 2. The predicted molar refractivity (Wildman–Crippen MR) is 125 cm³/mol. The van der Waals surface area contributed by atoms with Gasteiger partial charge in [0.25, 0.3) is 5.89 Å². The lowest BCUT2D eigenvalue weighted by atomic mass is 9.77. The zero-order chi connectivity index (χ0) is 22.6. The van der Waals surface area contributed by atoms with Gasteiger partial charge in [-0.15, -0.1) is 0 Å². The number of rotatable bonds is 9. The Balaban J connectivity index is 1.59. The van der Waals surface area contributed by atoms with Gasteiger partial charge in [0.15, 0.2) is 5.58 Å². The third-order valence-corrected chi connectivity index (χ3v) is 7.50. The molecular weight excluding hydrogens is 424 g/mol. The lowest BCUT2D eigenvalue weighted by molar-refractivity contribution is 0.0917. The van der Waals surface area contributed by atoms with E-state index in [9.17, 15) is 13.2 Å². The summed E-state index contributed by atoms with van der Waals surface area (Å²) >= 11 is 0. The predicted octanol–water partition coefficient (Wildman–Crippen LogP) is 5.06. The number of nitrogens with zero attached hydrogens (tertiary/aromatic N) is 1. The SMILES string of the molecule is NS(=O)(=O)CC(CCC(C(=O)c1nc2ccccc2o1)c1ccccc1)C1CCCCC1. The van der Waals surface area contributed by atoms with E-state index in [0.29, 0.717) is 29.9 Å². The van der Waals surface area contributed by atoms with Gasteiger partial charge < -0.3 is 4.42 Å². The van der Waals surface area contributed by atoms with E-state index in [0.717, 1.165) is 31.2 Å². The van der Waals surface area contributed by atoms with Crippen molar-refractivity contribution in [2.24, 2.45) is 17.0 Å². The largest absolute Gasteiger partial charge is 0.434 e. The molecule has 0 saturated heterocycles. The first-order chi connectivity index (χ1) is 15.4. The van der Waals surface area contributed by atoms with E-state index in [1.165, 1.54) is 6.42 Å². The Morgan fingerprint density at radius 2 is 1.69 bits per heavy atom. The van der Waals surface area contributed by atoms with Gasteiger partial charge in [0.2, 0.25) is 15.8 Å². The number of hydrogen-bond acceptors (Lipinski definition) is 5. The van der Waals surface area contributed by atoms with Crippen molar-refractivity contribution >= 4 is 26.9 Å². The van der Waals surface area contributed by atoms with Gasteiger partial charge in [-0.05, 0) is 42.4 Å². The molecule has 6 nitrogen and oxygen atoms in total. The Morgan fingerprint density at radius 1 is 1.00 bits per heavy atom. The minimum Gasteiger partial charge on any atom is -0.434 e. The van der Waals surface area contributed by atoms with Gasteiger partial charge in [0, 0.05) is 0 Å². The molecule has 1 aliphatic rings. The summed E-state index contributed by atoms with van der Waals surface area (Å²) in [6.07, 6.45) is 6.63. The van der Waals surface area contributed by atoms with Gasteiger partial charge in [-0.1, -0.05) is 74.6 Å². The van der Waals surface area contributed by atoms with Gasteiger partial charge in [-0.25, -0.2) is 18.5 Å². The van der Waals surface area contributed by atoms with Crippen LogP contribution >= 0.6 is 0 Å². The Morgan fingerprint density at radius 3 is 2.38 bits per heavy atom. The third kappa shape index (κ3) is 5.64. The van der Waals surface area contributed by atoms with Crippen molar-refractivity contribution in [3.63, 3.8) is 0 Å². The van der Waals surface area contributed by atoms with Crippen LogP contribution in [0.4, 0.5) is 0 Å². The van der Waals surface area contributed by atoms with Crippen LogP contribution in [0.1, 0.15) is 67.1 Å². The molecule has 1 aliphatic carbocycles. The molecule has 2 aromatic carbocycles. The van der Waals surface area contributed by atoms with Crippen molar-refractivity contribution in [1.82, 2.24) is 4.98 Å². The van der Waals surface area contributed by atoms with E-state index in [-0.39, 0.29) is 23.3 Å². The molecular formula is C25H30N2O4S. The number of ketones is 1. The lowest BCUT2D eigenvalue weighted by Crippen LogP contribution is -2.30. The highest BCUT2D eigenvalue weighted by molar-refractivity contribution is 7.89. The summed E-state index contributed by atoms with van der Waals surface area (Å²) in [6.45, 7) is 0. The van der Waals surface area contributed by atoms with Crippen LogP contribution < -0.4 is 5.14 Å². The highest BCUT2D eigenvalue weighted by atomic mass is 32.2. The molecule has 32 heavy (non-hydrogen) atoms. The summed E-state index contributed by atoms with van der Waals surface area (Å²) in [5.41, 5.74) is 2.12. The second-order valence-electron chi connectivity index (χ2n) is 8.88. The molecule has 1 heterocycles. The minimum absolute atomic E-state index is 0.0315. The van der Waals surface area contributed by atoms with E-state index in [2.05, 4.69) is 4.98 Å². The normalized spacial score (nSPS) is 17.3. The minimum atomic E-state index is -3.59. The zero-order valence-electron chi connectivity index (χ0n) is 18.2. The molecule has 0 bridgehead atoms. The average molecular weight is 455 g/mol. The van der Waals surface area contributed by atoms with Gasteiger partial charge in [0.1, 0.15) is 5.52 Å². The average Bonchev–Trinajstić information content (AvgIpc) is 3.23. The quantitative estimate of drug-likeness (QED) is 0.455. The van der Waals surface area contributed by atoms with Crippen molar-refractivity contribution in [3.05, 3.63) is 66.1 Å². The summed E-state index contributed by atoms with van der Waals surface area (Å²) in [7, 11) is -3.59. The topological polar surface area (TPSA) is 103 Å². The van der Waals surface area contributed by atoms with E-state index in [1.54, 1.807) is 6.07 Å². The molecule has 4 rings (SSSR count). The fourth-order valence-corrected chi connectivity index (χ4v) is 6.04. The maximum absolute atomic E-state index is 13.5. The fraction of sp³-hybridized carbons (Fsp3) is 0.440. The lowest BCUT2D eigenvalue weighted by Gasteiger charge is -2.30. The Hall–Kier alpha value is -2.51. The van der Waals surface area contributed by atoms with Crippen LogP contribution in [0.3, 0.4) is 0 Å². The van der Waals surface area contributed by atoms with E-state index < -0.39 is 15.9 Å². The number of carbonyl (C=O) groups excluding carboxylic acids is 1. The number of Topliss-reactive ketones (excluding diaryl/α,β-unsaturated/α-hetero) is 1. The summed E-state index contributed by atoms with van der Waals surface area (Å²) in [6, 6.07) is 16.9.